The van der Waals surface area contributed by atoms with E-state index in [2.05, 4.69) is 15.6 Å². The third-order valence-corrected chi connectivity index (χ3v) is 5.68. The largest absolute Gasteiger partial charge is 0.324 e. The molecule has 0 fully saturated rings. The molecule has 2 amide bonds. The number of aliphatic imine (C=N–C) groups is 1. The lowest BCUT2D eigenvalue weighted by molar-refractivity contribution is -0.117. The van der Waals surface area contributed by atoms with Gasteiger partial charge < -0.3 is 16.4 Å². The molecular weight excluding hydrogens is 468 g/mol. The van der Waals surface area contributed by atoms with Crippen molar-refractivity contribution in [2.24, 2.45) is 10.7 Å². The van der Waals surface area contributed by atoms with Gasteiger partial charge in [0.2, 0.25) is 11.8 Å². The Balaban J connectivity index is 1.77. The molecule has 0 aliphatic carbocycles. The Bertz CT molecular complexity index is 1260. The molecule has 1 aromatic heterocycles. The van der Waals surface area contributed by atoms with Gasteiger partial charge in [-0.15, -0.1) is 0 Å². The van der Waals surface area contributed by atoms with E-state index in [1.165, 1.54) is 18.3 Å². The summed E-state index contributed by atoms with van der Waals surface area (Å²) < 4.78 is 13.9. The number of carbonyl (C=O) groups excluding carboxylic acids is 2. The van der Waals surface area contributed by atoms with Crippen LogP contribution in [0.15, 0.2) is 59.7 Å². The molecule has 168 valence electrons. The maximum Gasteiger partial charge on any atom is 0.249 e. The molecule has 4 N–H and O–H groups in total. The van der Waals surface area contributed by atoms with E-state index in [4.69, 9.17) is 33.9 Å². The Kier molecular flexibility index (Phi) is 6.69. The van der Waals surface area contributed by atoms with E-state index in [-0.39, 0.29) is 29.8 Å². The molecule has 1 aliphatic rings. The second kappa shape index (κ2) is 9.66. The fourth-order valence-electron chi connectivity index (χ4n) is 3.41. The number of amides is 2. The van der Waals surface area contributed by atoms with Crippen molar-refractivity contribution in [1.82, 2.24) is 4.98 Å². The van der Waals surface area contributed by atoms with Gasteiger partial charge in [0.15, 0.2) is 0 Å². The van der Waals surface area contributed by atoms with Crippen molar-refractivity contribution in [3.8, 4) is 0 Å². The SMILES string of the molecule is NCC(=O)Nc1ccc(C2=NC(Cc3cccc(F)c3Cl)C(=O)Nc3ccc(Cl)cc32)cn1. The van der Waals surface area contributed by atoms with Crippen molar-refractivity contribution in [3.63, 3.8) is 0 Å². The molecule has 2 heterocycles. The summed E-state index contributed by atoms with van der Waals surface area (Å²) in [6.07, 6.45) is 1.61. The first-order valence-corrected chi connectivity index (χ1v) is 10.7. The van der Waals surface area contributed by atoms with E-state index in [1.54, 1.807) is 36.4 Å². The van der Waals surface area contributed by atoms with Crippen molar-refractivity contribution in [2.45, 2.75) is 12.5 Å². The number of nitrogens with one attached hydrogen (secondary N) is 2. The van der Waals surface area contributed by atoms with E-state index in [0.717, 1.165) is 0 Å². The lowest BCUT2D eigenvalue weighted by Gasteiger charge is -2.13. The molecule has 0 radical (unpaired) electrons. The highest BCUT2D eigenvalue weighted by atomic mass is 35.5. The first-order chi connectivity index (χ1) is 15.9. The van der Waals surface area contributed by atoms with Crippen LogP contribution in [0.1, 0.15) is 16.7 Å². The minimum atomic E-state index is -0.887. The van der Waals surface area contributed by atoms with Crippen molar-refractivity contribution >= 4 is 52.2 Å². The van der Waals surface area contributed by atoms with E-state index in [0.29, 0.717) is 38.9 Å². The Labute approximate surface area is 198 Å². The number of hydrogen-bond donors (Lipinski definition) is 3. The second-order valence-corrected chi connectivity index (χ2v) is 8.09. The number of carbonyl (C=O) groups is 2. The monoisotopic (exact) mass is 485 g/mol. The molecule has 1 unspecified atom stereocenters. The van der Waals surface area contributed by atoms with Crippen LogP contribution in [0.25, 0.3) is 0 Å². The van der Waals surface area contributed by atoms with Crippen molar-refractivity contribution in [1.29, 1.82) is 0 Å². The lowest BCUT2D eigenvalue weighted by atomic mass is 10.0. The summed E-state index contributed by atoms with van der Waals surface area (Å²) in [5, 5.41) is 5.84. The summed E-state index contributed by atoms with van der Waals surface area (Å²) >= 11 is 12.3. The quantitative estimate of drug-likeness (QED) is 0.509. The molecule has 7 nitrogen and oxygen atoms in total. The van der Waals surface area contributed by atoms with Crippen LogP contribution < -0.4 is 16.4 Å². The number of benzene rings is 2. The van der Waals surface area contributed by atoms with Gasteiger partial charge in [-0.25, -0.2) is 9.37 Å². The molecule has 0 saturated carbocycles. The summed E-state index contributed by atoms with van der Waals surface area (Å²) in [4.78, 5) is 33.4. The van der Waals surface area contributed by atoms with Crippen molar-refractivity contribution in [3.05, 3.63) is 87.3 Å². The maximum absolute atomic E-state index is 13.9. The van der Waals surface area contributed by atoms with Crippen LogP contribution in [0.5, 0.6) is 0 Å². The van der Waals surface area contributed by atoms with Crippen molar-refractivity contribution in [2.75, 3.05) is 17.2 Å². The van der Waals surface area contributed by atoms with E-state index < -0.39 is 11.9 Å². The van der Waals surface area contributed by atoms with Crippen LogP contribution in [0.2, 0.25) is 10.0 Å². The Hall–Kier alpha value is -3.33. The molecular formula is C23H18Cl2FN5O2. The molecule has 33 heavy (non-hydrogen) atoms. The Morgan fingerprint density at radius 1 is 1.18 bits per heavy atom. The molecule has 0 bridgehead atoms. The van der Waals surface area contributed by atoms with Crippen LogP contribution in [0.3, 0.4) is 0 Å². The number of nitrogens with two attached hydrogens (primary N) is 1. The van der Waals surface area contributed by atoms with Gasteiger partial charge in [-0.05, 0) is 42.0 Å². The number of anilines is 2. The predicted molar refractivity (Wildman–Crippen MR) is 127 cm³/mol. The molecule has 4 rings (SSSR count). The highest BCUT2D eigenvalue weighted by Gasteiger charge is 2.27. The first-order valence-electron chi connectivity index (χ1n) is 9.93. The molecule has 1 aliphatic heterocycles. The minimum absolute atomic E-state index is 0.0477. The minimum Gasteiger partial charge on any atom is -0.324 e. The molecule has 0 saturated heterocycles. The number of pyridine rings is 1. The second-order valence-electron chi connectivity index (χ2n) is 7.27. The fraction of sp³-hybridized carbons (Fsp3) is 0.130. The zero-order chi connectivity index (χ0) is 23.5. The summed E-state index contributed by atoms with van der Waals surface area (Å²) in [6, 6.07) is 11.9. The van der Waals surface area contributed by atoms with Crippen LogP contribution >= 0.6 is 23.2 Å². The predicted octanol–water partition coefficient (Wildman–Crippen LogP) is 3.83. The molecule has 1 atom stereocenters. The zero-order valence-electron chi connectivity index (χ0n) is 17.1. The van der Waals surface area contributed by atoms with E-state index in [9.17, 15) is 14.0 Å². The smallest absolute Gasteiger partial charge is 0.249 e. The van der Waals surface area contributed by atoms with Gasteiger partial charge in [0.1, 0.15) is 17.7 Å². The number of nitrogens with zero attached hydrogens (tertiary/aromatic N) is 2. The topological polar surface area (TPSA) is 109 Å². The highest BCUT2D eigenvalue weighted by Crippen LogP contribution is 2.29. The molecule has 3 aromatic rings. The average Bonchev–Trinajstić information content (AvgIpc) is 2.93. The lowest BCUT2D eigenvalue weighted by Crippen LogP contribution is -2.27. The van der Waals surface area contributed by atoms with Gasteiger partial charge in [0.05, 0.1) is 23.0 Å². The van der Waals surface area contributed by atoms with Gasteiger partial charge in [-0.3, -0.25) is 14.6 Å². The van der Waals surface area contributed by atoms with Crippen LogP contribution in [0, 0.1) is 5.82 Å². The van der Waals surface area contributed by atoms with Crippen molar-refractivity contribution < 1.29 is 14.0 Å². The molecule has 10 heteroatoms. The number of fused-ring (bicyclic) bond motifs is 1. The zero-order valence-corrected chi connectivity index (χ0v) is 18.6. The summed E-state index contributed by atoms with van der Waals surface area (Å²) in [7, 11) is 0. The number of rotatable bonds is 5. The number of hydrogen-bond acceptors (Lipinski definition) is 5. The third-order valence-electron chi connectivity index (χ3n) is 5.02. The maximum atomic E-state index is 13.9. The normalized spacial score (nSPS) is 15.2. The van der Waals surface area contributed by atoms with Gasteiger partial charge >= 0.3 is 0 Å². The fourth-order valence-corrected chi connectivity index (χ4v) is 3.78. The highest BCUT2D eigenvalue weighted by molar-refractivity contribution is 6.32. The van der Waals surface area contributed by atoms with Crippen LogP contribution in [0.4, 0.5) is 15.9 Å². The Morgan fingerprint density at radius 2 is 2.00 bits per heavy atom. The summed E-state index contributed by atoms with van der Waals surface area (Å²) in [5.41, 5.74) is 7.96. The summed E-state index contributed by atoms with van der Waals surface area (Å²) in [5.74, 6) is -0.983. The van der Waals surface area contributed by atoms with E-state index >= 15 is 0 Å². The van der Waals surface area contributed by atoms with Gasteiger partial charge in [-0.2, -0.15) is 0 Å². The Morgan fingerprint density at radius 3 is 2.73 bits per heavy atom. The number of aromatic nitrogens is 1. The number of benzodiazepines with no additional fused rings is 1. The van der Waals surface area contributed by atoms with Gasteiger partial charge in [0, 0.05) is 28.8 Å². The average molecular weight is 486 g/mol. The van der Waals surface area contributed by atoms with E-state index in [1.807, 2.05) is 0 Å². The van der Waals surface area contributed by atoms with Gasteiger partial charge in [-0.1, -0.05) is 35.3 Å². The number of halogens is 3. The first kappa shape index (κ1) is 22.8. The van der Waals surface area contributed by atoms with Crippen LogP contribution in [-0.4, -0.2) is 35.1 Å². The van der Waals surface area contributed by atoms with Crippen LogP contribution in [-0.2, 0) is 16.0 Å². The third kappa shape index (κ3) is 5.03. The molecule has 2 aromatic carbocycles. The summed E-state index contributed by atoms with van der Waals surface area (Å²) in [6.45, 7) is -0.167. The van der Waals surface area contributed by atoms with Gasteiger partial charge in [0.25, 0.3) is 0 Å². The standard InChI is InChI=1S/C23H18Cl2FN5O2/c24-14-5-6-17-15(9-14)22(13-4-7-19(28-11-13)31-20(32)10-27)29-18(23(33)30-17)8-12-2-1-3-16(26)21(12)25/h1-7,9,11,18H,8,10,27H2,(H,30,33)(H,28,31,32). The molecule has 0 spiro atoms.